The molecule has 76 valence electrons. The molecule has 2 rings (SSSR count). The number of aliphatic hydroxyl groups is 1. The number of hydrogen-bond donors (Lipinski definition) is 1. The van der Waals surface area contributed by atoms with Gasteiger partial charge in [0.25, 0.3) is 0 Å². The zero-order valence-electron chi connectivity index (χ0n) is 7.36. The van der Waals surface area contributed by atoms with Crippen LogP contribution >= 0.6 is 27.5 Å². The molecule has 1 aliphatic carbocycles. The second kappa shape index (κ2) is 3.47. The molecule has 0 saturated heterocycles. The van der Waals surface area contributed by atoms with Gasteiger partial charge in [0.05, 0.1) is 10.6 Å². The van der Waals surface area contributed by atoms with Crippen LogP contribution < -0.4 is 0 Å². The highest BCUT2D eigenvalue weighted by Crippen LogP contribution is 2.41. The highest BCUT2D eigenvalue weighted by Gasteiger charge is 2.41. The van der Waals surface area contributed by atoms with E-state index >= 15 is 0 Å². The third-order valence-corrected chi connectivity index (χ3v) is 3.79. The lowest BCUT2D eigenvalue weighted by molar-refractivity contribution is 0.149. The molecule has 4 heteroatoms. The zero-order valence-corrected chi connectivity index (χ0v) is 9.70. The van der Waals surface area contributed by atoms with Gasteiger partial charge >= 0.3 is 0 Å². The molecule has 0 heterocycles. The van der Waals surface area contributed by atoms with Gasteiger partial charge in [-0.1, -0.05) is 11.6 Å². The molecule has 0 bridgehead atoms. The van der Waals surface area contributed by atoms with Gasteiger partial charge in [0.15, 0.2) is 0 Å². The monoisotopic (exact) mass is 278 g/mol. The Balaban J connectivity index is 2.35. The summed E-state index contributed by atoms with van der Waals surface area (Å²) in [7, 11) is 0. The van der Waals surface area contributed by atoms with E-state index in [2.05, 4.69) is 15.9 Å². The zero-order chi connectivity index (χ0) is 10.3. The van der Waals surface area contributed by atoms with Crippen LogP contribution in [0, 0.1) is 5.82 Å². The van der Waals surface area contributed by atoms with Crippen LogP contribution in [0.5, 0.6) is 0 Å². The first-order valence-electron chi connectivity index (χ1n) is 4.37. The molecule has 0 amide bonds. The van der Waals surface area contributed by atoms with E-state index in [1.165, 1.54) is 6.07 Å². The van der Waals surface area contributed by atoms with E-state index in [-0.39, 0.29) is 5.82 Å². The van der Waals surface area contributed by atoms with Crippen LogP contribution in [0.15, 0.2) is 16.6 Å². The summed E-state index contributed by atoms with van der Waals surface area (Å²) in [5.74, 6) is -0.349. The van der Waals surface area contributed by atoms with E-state index in [1.807, 2.05) is 0 Å². The Morgan fingerprint density at radius 1 is 1.50 bits per heavy atom. The van der Waals surface area contributed by atoms with Gasteiger partial charge in [0.2, 0.25) is 0 Å². The number of halogens is 3. The Labute approximate surface area is 95.0 Å². The molecule has 0 aromatic heterocycles. The summed E-state index contributed by atoms with van der Waals surface area (Å²) >= 11 is 9.16. The SMILES string of the molecule is OC1(Cc2c(F)ccc(Br)c2Cl)CC1. The lowest BCUT2D eigenvalue weighted by Crippen LogP contribution is -2.12. The van der Waals surface area contributed by atoms with Crippen LogP contribution in [0.1, 0.15) is 18.4 Å². The minimum atomic E-state index is -0.717. The van der Waals surface area contributed by atoms with Crippen molar-refractivity contribution in [3.63, 3.8) is 0 Å². The fraction of sp³-hybridized carbons (Fsp3) is 0.400. The number of benzene rings is 1. The molecule has 0 unspecified atom stereocenters. The number of hydrogen-bond acceptors (Lipinski definition) is 1. The normalized spacial score (nSPS) is 18.3. The topological polar surface area (TPSA) is 20.2 Å². The maximum absolute atomic E-state index is 13.4. The van der Waals surface area contributed by atoms with Gasteiger partial charge in [-0.15, -0.1) is 0 Å². The van der Waals surface area contributed by atoms with Crippen LogP contribution in [-0.4, -0.2) is 10.7 Å². The van der Waals surface area contributed by atoms with Gasteiger partial charge in [0, 0.05) is 16.5 Å². The Hall–Kier alpha value is -0.120. The predicted molar refractivity (Wildman–Crippen MR) is 57.0 cm³/mol. The third-order valence-electron chi connectivity index (χ3n) is 2.47. The fourth-order valence-electron chi connectivity index (χ4n) is 1.38. The van der Waals surface area contributed by atoms with E-state index in [0.717, 1.165) is 12.8 Å². The van der Waals surface area contributed by atoms with Gasteiger partial charge in [-0.3, -0.25) is 0 Å². The van der Waals surface area contributed by atoms with Crippen LogP contribution in [0.2, 0.25) is 5.02 Å². The number of rotatable bonds is 2. The van der Waals surface area contributed by atoms with Gasteiger partial charge in [0.1, 0.15) is 5.82 Å². The summed E-state index contributed by atoms with van der Waals surface area (Å²) in [6.07, 6.45) is 1.77. The molecule has 0 atom stereocenters. The van der Waals surface area contributed by atoms with Crippen LogP contribution in [0.25, 0.3) is 0 Å². The van der Waals surface area contributed by atoms with Crippen LogP contribution in [-0.2, 0) is 6.42 Å². The lowest BCUT2D eigenvalue weighted by atomic mass is 10.1. The van der Waals surface area contributed by atoms with E-state index < -0.39 is 5.60 Å². The average Bonchev–Trinajstić information content (AvgIpc) is 2.86. The largest absolute Gasteiger partial charge is 0.390 e. The Kier molecular flexibility index (Phi) is 2.58. The van der Waals surface area contributed by atoms with Crippen LogP contribution in [0.4, 0.5) is 4.39 Å². The molecule has 0 aliphatic heterocycles. The van der Waals surface area contributed by atoms with Crippen molar-refractivity contribution in [3.8, 4) is 0 Å². The minimum absolute atomic E-state index is 0.303. The van der Waals surface area contributed by atoms with Gasteiger partial charge in [-0.2, -0.15) is 0 Å². The molecule has 1 aliphatic rings. The van der Waals surface area contributed by atoms with Crippen molar-refractivity contribution in [2.75, 3.05) is 0 Å². The Morgan fingerprint density at radius 3 is 2.71 bits per heavy atom. The van der Waals surface area contributed by atoms with E-state index in [1.54, 1.807) is 6.07 Å². The first-order chi connectivity index (χ1) is 6.52. The van der Waals surface area contributed by atoms with Crippen molar-refractivity contribution in [2.45, 2.75) is 24.9 Å². The maximum atomic E-state index is 13.4. The average molecular weight is 280 g/mol. The summed E-state index contributed by atoms with van der Waals surface area (Å²) in [5.41, 5.74) is -0.313. The highest BCUT2D eigenvalue weighted by molar-refractivity contribution is 9.10. The lowest BCUT2D eigenvalue weighted by Gasteiger charge is -2.11. The molecule has 1 aromatic rings. The van der Waals surface area contributed by atoms with Crippen molar-refractivity contribution in [3.05, 3.63) is 33.0 Å². The smallest absolute Gasteiger partial charge is 0.128 e. The maximum Gasteiger partial charge on any atom is 0.128 e. The predicted octanol–water partition coefficient (Wildman–Crippen LogP) is 3.31. The van der Waals surface area contributed by atoms with Crippen molar-refractivity contribution < 1.29 is 9.50 Å². The second-order valence-corrected chi connectivity index (χ2v) is 4.96. The summed E-state index contributed by atoms with van der Waals surface area (Å²) < 4.78 is 14.0. The molecule has 1 nitrogen and oxygen atoms in total. The van der Waals surface area contributed by atoms with Crippen molar-refractivity contribution in [1.29, 1.82) is 0 Å². The molecule has 1 N–H and O–H groups in total. The van der Waals surface area contributed by atoms with Crippen LogP contribution in [0.3, 0.4) is 0 Å². The van der Waals surface area contributed by atoms with Gasteiger partial charge in [-0.25, -0.2) is 4.39 Å². The Morgan fingerprint density at radius 2 is 2.14 bits per heavy atom. The van der Waals surface area contributed by atoms with Gasteiger partial charge in [-0.05, 0) is 40.9 Å². The van der Waals surface area contributed by atoms with Crippen molar-refractivity contribution in [1.82, 2.24) is 0 Å². The molecule has 0 radical (unpaired) electrons. The molecular formula is C10H9BrClFO. The first-order valence-corrected chi connectivity index (χ1v) is 5.54. The standard InChI is InChI=1S/C10H9BrClFO/c11-7-1-2-8(13)6(9(7)12)5-10(14)3-4-10/h1-2,14H,3-5H2. The minimum Gasteiger partial charge on any atom is -0.390 e. The first kappa shape index (κ1) is 10.4. The highest BCUT2D eigenvalue weighted by atomic mass is 79.9. The third kappa shape index (κ3) is 1.95. The van der Waals surface area contributed by atoms with Crippen molar-refractivity contribution in [2.24, 2.45) is 0 Å². The van der Waals surface area contributed by atoms with E-state index in [0.29, 0.717) is 21.5 Å². The van der Waals surface area contributed by atoms with E-state index in [4.69, 9.17) is 11.6 Å². The molecule has 14 heavy (non-hydrogen) atoms. The molecular weight excluding hydrogens is 270 g/mol. The van der Waals surface area contributed by atoms with E-state index in [9.17, 15) is 9.50 Å². The van der Waals surface area contributed by atoms with Gasteiger partial charge < -0.3 is 5.11 Å². The summed E-state index contributed by atoms with van der Waals surface area (Å²) in [5, 5.41) is 10.0. The summed E-state index contributed by atoms with van der Waals surface area (Å²) in [6.45, 7) is 0. The second-order valence-electron chi connectivity index (χ2n) is 3.72. The quantitative estimate of drug-likeness (QED) is 0.824. The Bertz CT molecular complexity index is 377. The molecule has 0 spiro atoms. The van der Waals surface area contributed by atoms with Crippen molar-refractivity contribution >= 4 is 27.5 Å². The summed E-state index contributed by atoms with van der Waals surface area (Å²) in [6, 6.07) is 2.93. The molecule has 1 aromatic carbocycles. The fourth-order valence-corrected chi connectivity index (χ4v) is 1.97. The summed E-state index contributed by atoms with van der Waals surface area (Å²) in [4.78, 5) is 0. The molecule has 1 saturated carbocycles. The molecule has 1 fully saturated rings.